The highest BCUT2D eigenvalue weighted by molar-refractivity contribution is 9.10. The number of rotatable bonds is 3. The van der Waals surface area contributed by atoms with Gasteiger partial charge in [-0.3, -0.25) is 11.3 Å². The van der Waals surface area contributed by atoms with Crippen molar-refractivity contribution >= 4 is 27.3 Å². The molecule has 6 heteroatoms. The average molecular weight is 361 g/mol. The Hall–Kier alpha value is 0.0200. The SMILES string of the molecule is NNC(c1sccc1Br)C1CCOC2(CCOCC2)C1. The Morgan fingerprint density at radius 3 is 2.85 bits per heavy atom. The van der Waals surface area contributed by atoms with Crippen molar-refractivity contribution < 1.29 is 9.47 Å². The molecule has 2 fully saturated rings. The molecule has 0 aliphatic carbocycles. The molecule has 0 saturated carbocycles. The second-order valence-corrected chi connectivity index (χ2v) is 7.48. The fourth-order valence-electron chi connectivity index (χ4n) is 3.40. The van der Waals surface area contributed by atoms with Crippen molar-refractivity contribution in [2.75, 3.05) is 19.8 Å². The van der Waals surface area contributed by atoms with Crippen LogP contribution < -0.4 is 11.3 Å². The summed E-state index contributed by atoms with van der Waals surface area (Å²) in [7, 11) is 0. The van der Waals surface area contributed by atoms with Gasteiger partial charge in [-0.1, -0.05) is 0 Å². The van der Waals surface area contributed by atoms with Gasteiger partial charge >= 0.3 is 0 Å². The Labute approximate surface area is 132 Å². The monoisotopic (exact) mass is 360 g/mol. The first-order valence-electron chi connectivity index (χ1n) is 7.15. The molecule has 3 rings (SSSR count). The van der Waals surface area contributed by atoms with Crippen LogP contribution in [0.1, 0.15) is 36.6 Å². The van der Waals surface area contributed by atoms with Crippen LogP contribution >= 0.6 is 27.3 Å². The van der Waals surface area contributed by atoms with Crippen LogP contribution in [0, 0.1) is 5.92 Å². The summed E-state index contributed by atoms with van der Waals surface area (Å²) in [5, 5.41) is 2.10. The van der Waals surface area contributed by atoms with Crippen molar-refractivity contribution in [3.63, 3.8) is 0 Å². The van der Waals surface area contributed by atoms with Gasteiger partial charge < -0.3 is 9.47 Å². The van der Waals surface area contributed by atoms with E-state index in [1.165, 1.54) is 4.88 Å². The standard InChI is InChI=1S/C14H21BrN2O2S/c15-11-2-8-20-13(11)12(17-16)10-1-5-19-14(9-10)3-6-18-7-4-14/h2,8,10,12,17H,1,3-7,9,16H2. The van der Waals surface area contributed by atoms with Crippen LogP contribution in [-0.4, -0.2) is 25.4 Å². The van der Waals surface area contributed by atoms with E-state index >= 15 is 0 Å². The van der Waals surface area contributed by atoms with E-state index in [-0.39, 0.29) is 11.6 Å². The normalized spacial score (nSPS) is 27.6. The highest BCUT2D eigenvalue weighted by Crippen LogP contribution is 2.43. The summed E-state index contributed by atoms with van der Waals surface area (Å²) in [5.41, 5.74) is 3.04. The summed E-state index contributed by atoms with van der Waals surface area (Å²) in [6, 6.07) is 2.29. The van der Waals surface area contributed by atoms with E-state index in [2.05, 4.69) is 32.8 Å². The average Bonchev–Trinajstić information content (AvgIpc) is 2.87. The second-order valence-electron chi connectivity index (χ2n) is 5.67. The van der Waals surface area contributed by atoms with Crippen LogP contribution in [0.3, 0.4) is 0 Å². The fraction of sp³-hybridized carbons (Fsp3) is 0.714. The highest BCUT2D eigenvalue weighted by Gasteiger charge is 2.41. The molecule has 0 amide bonds. The molecule has 1 aromatic rings. The Balaban J connectivity index is 1.76. The number of hydrogen-bond acceptors (Lipinski definition) is 5. The van der Waals surface area contributed by atoms with Crippen LogP contribution in [0.5, 0.6) is 0 Å². The molecule has 3 N–H and O–H groups in total. The van der Waals surface area contributed by atoms with Crippen molar-refractivity contribution in [1.82, 2.24) is 5.43 Å². The summed E-state index contributed by atoms with van der Waals surface area (Å²) in [5.74, 6) is 6.37. The molecule has 1 spiro atoms. The maximum absolute atomic E-state index is 6.12. The minimum absolute atomic E-state index is 0.0139. The Kier molecular flexibility index (Phi) is 4.79. The van der Waals surface area contributed by atoms with Crippen LogP contribution in [0.2, 0.25) is 0 Å². The zero-order valence-corrected chi connectivity index (χ0v) is 13.8. The summed E-state index contributed by atoms with van der Waals surface area (Å²) < 4.78 is 12.8. The molecule has 0 aromatic carbocycles. The number of nitrogens with two attached hydrogens (primary N) is 1. The Morgan fingerprint density at radius 1 is 1.40 bits per heavy atom. The van der Waals surface area contributed by atoms with Gasteiger partial charge in [-0.25, -0.2) is 0 Å². The van der Waals surface area contributed by atoms with Gasteiger partial charge in [0.05, 0.1) is 11.6 Å². The van der Waals surface area contributed by atoms with Crippen molar-refractivity contribution in [3.05, 3.63) is 20.8 Å². The molecular formula is C14H21BrN2O2S. The maximum atomic E-state index is 6.12. The van der Waals surface area contributed by atoms with E-state index in [9.17, 15) is 0 Å². The van der Waals surface area contributed by atoms with Crippen molar-refractivity contribution in [2.45, 2.75) is 37.3 Å². The first-order chi connectivity index (χ1) is 9.74. The van der Waals surface area contributed by atoms with Gasteiger partial charge in [0, 0.05) is 29.2 Å². The lowest BCUT2D eigenvalue weighted by Gasteiger charge is -2.45. The van der Waals surface area contributed by atoms with E-state index < -0.39 is 0 Å². The molecule has 0 bridgehead atoms. The van der Waals surface area contributed by atoms with Crippen molar-refractivity contribution in [3.8, 4) is 0 Å². The zero-order chi connectivity index (χ0) is 14.0. The van der Waals surface area contributed by atoms with Gasteiger partial charge in [-0.15, -0.1) is 11.3 Å². The van der Waals surface area contributed by atoms with Gasteiger partial charge in [-0.05, 0) is 59.0 Å². The molecule has 2 aliphatic rings. The number of ether oxygens (including phenoxy) is 2. The van der Waals surface area contributed by atoms with Crippen molar-refractivity contribution in [2.24, 2.45) is 11.8 Å². The molecule has 4 nitrogen and oxygen atoms in total. The van der Waals surface area contributed by atoms with Crippen molar-refractivity contribution in [1.29, 1.82) is 0 Å². The molecule has 20 heavy (non-hydrogen) atoms. The first kappa shape index (κ1) is 14.9. The molecular weight excluding hydrogens is 340 g/mol. The fourth-order valence-corrected chi connectivity index (χ4v) is 5.17. The Morgan fingerprint density at radius 2 is 2.20 bits per heavy atom. The molecule has 0 radical (unpaired) electrons. The molecule has 2 saturated heterocycles. The quantitative estimate of drug-likeness (QED) is 0.642. The Bertz CT molecular complexity index is 443. The van der Waals surface area contributed by atoms with Gasteiger partial charge in [0.15, 0.2) is 0 Å². The summed E-state index contributed by atoms with van der Waals surface area (Å²) in [6.07, 6.45) is 4.14. The van der Waals surface area contributed by atoms with E-state index in [0.29, 0.717) is 5.92 Å². The van der Waals surface area contributed by atoms with Gasteiger partial charge in [-0.2, -0.15) is 0 Å². The minimum Gasteiger partial charge on any atom is -0.381 e. The topological polar surface area (TPSA) is 56.5 Å². The highest BCUT2D eigenvalue weighted by atomic mass is 79.9. The number of hydrazine groups is 1. The molecule has 112 valence electrons. The number of hydrogen-bond donors (Lipinski definition) is 2. The first-order valence-corrected chi connectivity index (χ1v) is 8.82. The third-order valence-corrected chi connectivity index (χ3v) is 6.47. The molecule has 2 aliphatic heterocycles. The predicted octanol–water partition coefficient (Wildman–Crippen LogP) is 2.99. The van der Waals surface area contributed by atoms with E-state index in [1.807, 2.05) is 0 Å². The molecule has 2 atom stereocenters. The number of halogens is 1. The maximum Gasteiger partial charge on any atom is 0.0729 e. The molecule has 1 aromatic heterocycles. The van der Waals surface area contributed by atoms with E-state index in [1.54, 1.807) is 11.3 Å². The van der Waals surface area contributed by atoms with E-state index in [0.717, 1.165) is 50.0 Å². The number of thiophene rings is 1. The largest absolute Gasteiger partial charge is 0.381 e. The van der Waals surface area contributed by atoms with Crippen LogP contribution in [0.4, 0.5) is 0 Å². The lowest BCUT2D eigenvalue weighted by Crippen LogP contribution is -2.47. The van der Waals surface area contributed by atoms with Gasteiger partial charge in [0.2, 0.25) is 0 Å². The third-order valence-electron chi connectivity index (χ3n) is 4.51. The summed E-state index contributed by atoms with van der Waals surface area (Å²) in [4.78, 5) is 1.29. The van der Waals surface area contributed by atoms with E-state index in [4.69, 9.17) is 15.3 Å². The number of nitrogens with one attached hydrogen (secondary N) is 1. The van der Waals surface area contributed by atoms with Crippen LogP contribution in [0.15, 0.2) is 15.9 Å². The summed E-state index contributed by atoms with van der Waals surface area (Å²) in [6.45, 7) is 2.46. The smallest absolute Gasteiger partial charge is 0.0729 e. The zero-order valence-electron chi connectivity index (χ0n) is 11.4. The molecule has 3 heterocycles. The molecule has 2 unspecified atom stereocenters. The third kappa shape index (κ3) is 2.96. The summed E-state index contributed by atoms with van der Waals surface area (Å²) >= 11 is 5.38. The second kappa shape index (κ2) is 6.42. The van der Waals surface area contributed by atoms with Gasteiger partial charge in [0.1, 0.15) is 0 Å². The minimum atomic E-state index is 0.0139. The van der Waals surface area contributed by atoms with Crippen LogP contribution in [0.25, 0.3) is 0 Å². The lowest BCUT2D eigenvalue weighted by atomic mass is 9.77. The van der Waals surface area contributed by atoms with Gasteiger partial charge in [0.25, 0.3) is 0 Å². The van der Waals surface area contributed by atoms with Crippen LogP contribution in [-0.2, 0) is 9.47 Å². The predicted molar refractivity (Wildman–Crippen MR) is 83.5 cm³/mol. The lowest BCUT2D eigenvalue weighted by molar-refractivity contribution is -0.150.